The third-order valence-corrected chi connectivity index (χ3v) is 5.65. The number of nitrogens with zero attached hydrogens (tertiary/aromatic N) is 2. The number of hydrogen-bond acceptors (Lipinski definition) is 4. The van der Waals surface area contributed by atoms with Gasteiger partial charge in [0, 0.05) is 10.0 Å². The first-order valence-corrected chi connectivity index (χ1v) is 11.7. The molecule has 0 saturated carbocycles. The molecule has 0 amide bonds. The maximum atomic E-state index is 13.1. The van der Waals surface area contributed by atoms with Gasteiger partial charge in [-0.25, -0.2) is 0 Å². The number of carbonyl (C=O) groups excluding carboxylic acids is 1. The van der Waals surface area contributed by atoms with Crippen LogP contribution in [0.4, 0.5) is 11.4 Å². The number of halogens is 2. The molecule has 0 heterocycles. The van der Waals surface area contributed by atoms with Crippen LogP contribution in [0.1, 0.15) is 27.0 Å². The molecule has 6 heteroatoms. The van der Waals surface area contributed by atoms with Gasteiger partial charge in [0.2, 0.25) is 0 Å². The van der Waals surface area contributed by atoms with Crippen LogP contribution in [0.2, 0.25) is 10.0 Å². The van der Waals surface area contributed by atoms with Gasteiger partial charge in [-0.1, -0.05) is 71.2 Å². The Hall–Kier alpha value is -3.73. The monoisotopic (exact) mass is 500 g/mol. The van der Waals surface area contributed by atoms with Crippen LogP contribution < -0.4 is 4.74 Å². The van der Waals surface area contributed by atoms with Gasteiger partial charge >= 0.3 is 0 Å². The first-order chi connectivity index (χ1) is 17.0. The lowest BCUT2D eigenvalue weighted by Crippen LogP contribution is -2.02. The van der Waals surface area contributed by atoms with E-state index in [0.717, 1.165) is 22.4 Å². The molecule has 0 aliphatic rings. The van der Waals surface area contributed by atoms with Gasteiger partial charge in [0.25, 0.3) is 0 Å². The molecule has 174 valence electrons. The Kier molecular flexibility index (Phi) is 8.09. The number of carbonyl (C=O) groups is 1. The molecule has 0 fully saturated rings. The van der Waals surface area contributed by atoms with Crippen molar-refractivity contribution in [1.29, 1.82) is 0 Å². The molecule has 4 nitrogen and oxygen atoms in total. The van der Waals surface area contributed by atoms with E-state index in [1.165, 1.54) is 6.08 Å². The second-order valence-corrected chi connectivity index (χ2v) is 8.75. The molecule has 0 saturated heterocycles. The fourth-order valence-corrected chi connectivity index (χ4v) is 3.45. The van der Waals surface area contributed by atoms with E-state index >= 15 is 0 Å². The Bertz CT molecular complexity index is 1360. The third-order valence-electron chi connectivity index (χ3n) is 5.15. The van der Waals surface area contributed by atoms with Crippen molar-refractivity contribution in [2.24, 2.45) is 10.2 Å². The van der Waals surface area contributed by atoms with Crippen LogP contribution in [0.15, 0.2) is 107 Å². The van der Waals surface area contributed by atoms with Crippen molar-refractivity contribution < 1.29 is 9.53 Å². The molecule has 4 aromatic rings. The summed E-state index contributed by atoms with van der Waals surface area (Å²) in [6, 6.07) is 27.5. The molecular weight excluding hydrogens is 479 g/mol. The summed E-state index contributed by atoms with van der Waals surface area (Å²) in [5.74, 6) is 0.249. The third kappa shape index (κ3) is 7.12. The summed E-state index contributed by atoms with van der Waals surface area (Å²) < 4.78 is 6.00. The smallest absolute Gasteiger partial charge is 0.189 e. The second-order valence-electron chi connectivity index (χ2n) is 7.88. The van der Waals surface area contributed by atoms with E-state index in [2.05, 4.69) is 10.2 Å². The predicted octanol–water partition coefficient (Wildman–Crippen LogP) is 9.19. The highest BCUT2D eigenvalue weighted by Gasteiger charge is 2.12. The first kappa shape index (κ1) is 24.4. The fraction of sp³-hybridized carbons (Fsp3) is 0.0690. The topological polar surface area (TPSA) is 51.0 Å². The second kappa shape index (κ2) is 11.6. The summed E-state index contributed by atoms with van der Waals surface area (Å²) in [6.45, 7) is 2.31. The van der Waals surface area contributed by atoms with E-state index in [-0.39, 0.29) is 5.78 Å². The van der Waals surface area contributed by atoms with E-state index in [4.69, 9.17) is 27.9 Å². The molecule has 0 aromatic heterocycles. The van der Waals surface area contributed by atoms with Crippen LogP contribution in [-0.2, 0) is 6.61 Å². The van der Waals surface area contributed by atoms with Gasteiger partial charge in [0.05, 0.1) is 16.9 Å². The van der Waals surface area contributed by atoms with Gasteiger partial charge in [0.15, 0.2) is 5.78 Å². The minimum absolute atomic E-state index is 0.210. The molecule has 35 heavy (non-hydrogen) atoms. The van der Waals surface area contributed by atoms with Crippen molar-refractivity contribution in [2.45, 2.75) is 13.5 Å². The van der Waals surface area contributed by atoms with E-state index in [1.807, 2.05) is 55.5 Å². The molecule has 0 atom stereocenters. The van der Waals surface area contributed by atoms with Gasteiger partial charge in [-0.3, -0.25) is 4.79 Å². The Morgan fingerprint density at radius 2 is 1.40 bits per heavy atom. The molecule has 0 unspecified atom stereocenters. The number of aryl methyl sites for hydroxylation is 1. The number of allylic oxidation sites excluding steroid dienone is 1. The highest BCUT2D eigenvalue weighted by molar-refractivity contribution is 6.30. The van der Waals surface area contributed by atoms with Crippen molar-refractivity contribution in [2.75, 3.05) is 0 Å². The van der Waals surface area contributed by atoms with Crippen LogP contribution in [0, 0.1) is 6.92 Å². The van der Waals surface area contributed by atoms with Gasteiger partial charge in [-0.2, -0.15) is 10.2 Å². The lowest BCUT2D eigenvalue weighted by molar-refractivity contribution is 0.104. The normalized spacial score (nSPS) is 11.3. The predicted molar refractivity (Wildman–Crippen MR) is 142 cm³/mol. The van der Waals surface area contributed by atoms with Crippen LogP contribution in [0.3, 0.4) is 0 Å². The van der Waals surface area contributed by atoms with Gasteiger partial charge < -0.3 is 4.74 Å². The van der Waals surface area contributed by atoms with Crippen LogP contribution in [0.5, 0.6) is 5.75 Å². The maximum Gasteiger partial charge on any atom is 0.189 e. The molecule has 4 aromatic carbocycles. The number of rotatable bonds is 8. The number of ether oxygens (including phenoxy) is 1. The zero-order chi connectivity index (χ0) is 24.6. The SMILES string of the molecule is Cc1ccc(N=Nc2ccc(OCc3ccc(Cl)cc3)c(C(=O)/C=C/c3ccc(Cl)cc3)c2)cc1. The van der Waals surface area contributed by atoms with Gasteiger partial charge in [0.1, 0.15) is 12.4 Å². The molecule has 0 spiro atoms. The van der Waals surface area contributed by atoms with Crippen LogP contribution in [-0.4, -0.2) is 5.78 Å². The average Bonchev–Trinajstić information content (AvgIpc) is 2.88. The fourth-order valence-electron chi connectivity index (χ4n) is 3.20. The van der Waals surface area contributed by atoms with Crippen molar-refractivity contribution in [3.8, 4) is 5.75 Å². The summed E-state index contributed by atoms with van der Waals surface area (Å²) >= 11 is 11.9. The average molecular weight is 501 g/mol. The molecule has 4 rings (SSSR count). The van der Waals surface area contributed by atoms with Crippen molar-refractivity contribution in [3.05, 3.63) is 129 Å². The Morgan fingerprint density at radius 3 is 2.09 bits per heavy atom. The molecule has 0 aliphatic heterocycles. The summed E-state index contributed by atoms with van der Waals surface area (Å²) in [5, 5.41) is 9.88. The molecular formula is C29H22Cl2N2O2. The minimum atomic E-state index is -0.210. The Balaban J connectivity index is 1.59. The Labute approximate surface area is 214 Å². The zero-order valence-electron chi connectivity index (χ0n) is 19.0. The first-order valence-electron chi connectivity index (χ1n) is 10.9. The minimum Gasteiger partial charge on any atom is -0.488 e. The number of azo groups is 1. The summed E-state index contributed by atoms with van der Waals surface area (Å²) in [5.41, 5.74) is 4.62. The highest BCUT2D eigenvalue weighted by atomic mass is 35.5. The van der Waals surface area contributed by atoms with E-state index in [1.54, 1.807) is 48.5 Å². The standard InChI is InChI=1S/C29H22Cl2N2O2/c1-20-2-13-25(14-3-20)32-33-26-15-17-29(35-19-22-6-11-24(31)12-7-22)27(18-26)28(34)16-8-21-4-9-23(30)10-5-21/h2-18H,19H2,1H3/b16-8+,33-32?. The molecule has 0 bridgehead atoms. The van der Waals surface area contributed by atoms with E-state index in [9.17, 15) is 4.79 Å². The number of hydrogen-bond donors (Lipinski definition) is 0. The van der Waals surface area contributed by atoms with Crippen molar-refractivity contribution >= 4 is 46.4 Å². The molecule has 0 N–H and O–H groups in total. The lowest BCUT2D eigenvalue weighted by Gasteiger charge is -2.11. The van der Waals surface area contributed by atoms with E-state index in [0.29, 0.717) is 33.7 Å². The van der Waals surface area contributed by atoms with Gasteiger partial charge in [-0.05, 0) is 78.7 Å². The van der Waals surface area contributed by atoms with Crippen LogP contribution >= 0.6 is 23.2 Å². The summed E-state index contributed by atoms with van der Waals surface area (Å²) in [6.07, 6.45) is 3.25. The maximum absolute atomic E-state index is 13.1. The Morgan fingerprint density at radius 1 is 0.800 bits per heavy atom. The highest BCUT2D eigenvalue weighted by Crippen LogP contribution is 2.28. The lowest BCUT2D eigenvalue weighted by atomic mass is 10.1. The number of benzene rings is 4. The molecule has 0 radical (unpaired) electrons. The summed E-state index contributed by atoms with van der Waals surface area (Å²) in [7, 11) is 0. The zero-order valence-corrected chi connectivity index (χ0v) is 20.5. The van der Waals surface area contributed by atoms with Crippen molar-refractivity contribution in [3.63, 3.8) is 0 Å². The van der Waals surface area contributed by atoms with Crippen molar-refractivity contribution in [1.82, 2.24) is 0 Å². The van der Waals surface area contributed by atoms with Crippen LogP contribution in [0.25, 0.3) is 6.08 Å². The number of ketones is 1. The van der Waals surface area contributed by atoms with E-state index < -0.39 is 0 Å². The quantitative estimate of drug-likeness (QED) is 0.137. The summed E-state index contributed by atoms with van der Waals surface area (Å²) in [4.78, 5) is 13.1. The van der Waals surface area contributed by atoms with Gasteiger partial charge in [-0.15, -0.1) is 0 Å². The molecule has 0 aliphatic carbocycles. The largest absolute Gasteiger partial charge is 0.488 e.